The standard InChI is InChI=1S/C8H8NO2S/c10-7-3-1-6(2-4-7)5-8(12)9-11/h1-4H,5H2,(H2-,9,10,11,12)/q-1. The van der Waals surface area contributed by atoms with Crippen molar-refractivity contribution in [1.29, 1.82) is 0 Å². The van der Waals surface area contributed by atoms with Gasteiger partial charge in [-0.25, -0.2) is 0 Å². The molecule has 0 aromatic heterocycles. The predicted molar refractivity (Wildman–Crippen MR) is 50.9 cm³/mol. The summed E-state index contributed by atoms with van der Waals surface area (Å²) in [5.41, 5.74) is 2.55. The summed E-state index contributed by atoms with van der Waals surface area (Å²) in [5, 5.41) is 19.0. The first kappa shape index (κ1) is 8.96. The summed E-state index contributed by atoms with van der Waals surface area (Å²) < 4.78 is 0. The molecule has 0 aliphatic heterocycles. The Balaban J connectivity index is 2.64. The van der Waals surface area contributed by atoms with Gasteiger partial charge in [0, 0.05) is 6.42 Å². The van der Waals surface area contributed by atoms with Gasteiger partial charge in [-0.1, -0.05) is 24.4 Å². The number of rotatable bonds is 2. The first-order chi connectivity index (χ1) is 5.72. The van der Waals surface area contributed by atoms with Crippen LogP contribution in [-0.2, 0) is 6.42 Å². The maximum atomic E-state index is 10.1. The lowest BCUT2D eigenvalue weighted by molar-refractivity contribution is 0.475. The zero-order chi connectivity index (χ0) is 8.97. The van der Waals surface area contributed by atoms with E-state index in [1.54, 1.807) is 29.7 Å². The Bertz CT molecular complexity index is 271. The molecular formula is C8H8NO2S-. The molecule has 0 bridgehead atoms. The molecule has 3 nitrogen and oxygen atoms in total. The highest BCUT2D eigenvalue weighted by Crippen LogP contribution is 2.09. The summed E-state index contributed by atoms with van der Waals surface area (Å²) in [5.74, 6) is 0.208. The van der Waals surface area contributed by atoms with E-state index in [1.165, 1.54) is 0 Å². The monoisotopic (exact) mass is 182 g/mol. The van der Waals surface area contributed by atoms with E-state index >= 15 is 0 Å². The van der Waals surface area contributed by atoms with E-state index in [1.807, 2.05) is 0 Å². The summed E-state index contributed by atoms with van der Waals surface area (Å²) in [6.07, 6.45) is 0.416. The fraction of sp³-hybridized carbons (Fsp3) is 0.125. The van der Waals surface area contributed by atoms with Crippen molar-refractivity contribution in [3.8, 4) is 5.75 Å². The van der Waals surface area contributed by atoms with Gasteiger partial charge in [0.2, 0.25) is 0 Å². The normalized spacial score (nSPS) is 9.42. The Morgan fingerprint density at radius 2 is 2.00 bits per heavy atom. The number of hydrogen-bond acceptors (Lipinski definition) is 3. The molecule has 12 heavy (non-hydrogen) atoms. The van der Waals surface area contributed by atoms with Crippen LogP contribution in [0.25, 0.3) is 0 Å². The van der Waals surface area contributed by atoms with Gasteiger partial charge < -0.3 is 15.8 Å². The van der Waals surface area contributed by atoms with Crippen LogP contribution >= 0.6 is 12.2 Å². The molecule has 1 rings (SSSR count). The number of nitrogens with one attached hydrogen (secondary N) is 1. The Kier molecular flexibility index (Phi) is 3.01. The number of thiocarbonyl (C=S) groups is 1. The van der Waals surface area contributed by atoms with Crippen LogP contribution in [0.2, 0.25) is 0 Å². The zero-order valence-electron chi connectivity index (χ0n) is 6.28. The first-order valence-electron chi connectivity index (χ1n) is 3.41. The van der Waals surface area contributed by atoms with Crippen molar-refractivity contribution in [2.45, 2.75) is 6.42 Å². The highest BCUT2D eigenvalue weighted by atomic mass is 32.1. The van der Waals surface area contributed by atoms with E-state index in [-0.39, 0.29) is 10.7 Å². The average Bonchev–Trinajstić information content (AvgIpc) is 2.09. The molecule has 0 radical (unpaired) electrons. The molecule has 0 atom stereocenters. The lowest BCUT2D eigenvalue weighted by Crippen LogP contribution is -2.15. The van der Waals surface area contributed by atoms with Crippen LogP contribution in [0.5, 0.6) is 5.75 Å². The zero-order valence-corrected chi connectivity index (χ0v) is 7.10. The van der Waals surface area contributed by atoms with E-state index in [4.69, 9.17) is 5.11 Å². The summed E-state index contributed by atoms with van der Waals surface area (Å²) in [7, 11) is 0. The van der Waals surface area contributed by atoms with Gasteiger partial charge in [-0.05, 0) is 17.7 Å². The number of hydroxylamine groups is 1. The van der Waals surface area contributed by atoms with Crippen LogP contribution in [0.3, 0.4) is 0 Å². The molecule has 0 unspecified atom stereocenters. The molecule has 0 aliphatic carbocycles. The minimum Gasteiger partial charge on any atom is -0.761 e. The van der Waals surface area contributed by atoms with Gasteiger partial charge in [0.15, 0.2) is 0 Å². The van der Waals surface area contributed by atoms with Crippen LogP contribution < -0.4 is 5.48 Å². The molecule has 64 valence electrons. The third-order valence-electron chi connectivity index (χ3n) is 1.41. The second kappa shape index (κ2) is 4.04. The van der Waals surface area contributed by atoms with Crippen molar-refractivity contribution in [2.75, 3.05) is 0 Å². The lowest BCUT2D eigenvalue weighted by Gasteiger charge is -2.09. The quantitative estimate of drug-likeness (QED) is 0.535. The van der Waals surface area contributed by atoms with Crippen LogP contribution in [0.1, 0.15) is 5.56 Å². The summed E-state index contributed by atoms with van der Waals surface area (Å²) in [4.78, 5) is 0.251. The highest BCUT2D eigenvalue weighted by Gasteiger charge is 1.94. The SMILES string of the molecule is [O-]NC(=S)Cc1ccc(O)cc1. The van der Waals surface area contributed by atoms with E-state index in [9.17, 15) is 5.21 Å². The maximum Gasteiger partial charge on any atom is 0.115 e. The number of benzene rings is 1. The molecule has 0 spiro atoms. The third kappa shape index (κ3) is 2.48. The molecule has 0 heterocycles. The Hall–Kier alpha value is -1.13. The van der Waals surface area contributed by atoms with Crippen molar-refractivity contribution in [2.24, 2.45) is 0 Å². The lowest BCUT2D eigenvalue weighted by atomic mass is 10.1. The predicted octanol–water partition coefficient (Wildman–Crippen LogP) is 1.35. The van der Waals surface area contributed by atoms with Gasteiger partial charge in [0.1, 0.15) is 5.75 Å². The smallest absolute Gasteiger partial charge is 0.115 e. The first-order valence-corrected chi connectivity index (χ1v) is 3.82. The Morgan fingerprint density at radius 1 is 1.42 bits per heavy atom. The highest BCUT2D eigenvalue weighted by molar-refractivity contribution is 7.80. The Morgan fingerprint density at radius 3 is 2.50 bits per heavy atom. The van der Waals surface area contributed by atoms with Crippen LogP contribution in [0, 0.1) is 5.21 Å². The topological polar surface area (TPSA) is 55.3 Å². The molecule has 1 aromatic carbocycles. The van der Waals surface area contributed by atoms with Gasteiger partial charge in [-0.3, -0.25) is 0 Å². The minimum atomic E-state index is 0.208. The molecular weight excluding hydrogens is 174 g/mol. The maximum absolute atomic E-state index is 10.1. The molecule has 1 aromatic rings. The average molecular weight is 182 g/mol. The van der Waals surface area contributed by atoms with E-state index < -0.39 is 0 Å². The van der Waals surface area contributed by atoms with Crippen LogP contribution in [-0.4, -0.2) is 10.1 Å². The van der Waals surface area contributed by atoms with Crippen molar-refractivity contribution >= 4 is 17.2 Å². The fourth-order valence-electron chi connectivity index (χ4n) is 0.835. The van der Waals surface area contributed by atoms with Crippen molar-refractivity contribution in [3.63, 3.8) is 0 Å². The van der Waals surface area contributed by atoms with Gasteiger partial charge in [-0.2, -0.15) is 0 Å². The van der Waals surface area contributed by atoms with Crippen LogP contribution in [0.4, 0.5) is 0 Å². The molecule has 0 saturated carbocycles. The number of hydrogen-bond donors (Lipinski definition) is 2. The van der Waals surface area contributed by atoms with E-state index in [0.717, 1.165) is 5.56 Å². The van der Waals surface area contributed by atoms with Crippen LogP contribution in [0.15, 0.2) is 24.3 Å². The second-order valence-electron chi connectivity index (χ2n) is 2.37. The molecule has 4 heteroatoms. The molecule has 0 saturated heterocycles. The summed E-state index contributed by atoms with van der Waals surface area (Å²) in [6.45, 7) is 0. The van der Waals surface area contributed by atoms with Gasteiger partial charge in [-0.15, -0.1) is 0 Å². The van der Waals surface area contributed by atoms with Crippen molar-refractivity contribution < 1.29 is 5.11 Å². The van der Waals surface area contributed by atoms with Crippen molar-refractivity contribution in [1.82, 2.24) is 5.48 Å². The number of phenolic OH excluding ortho intramolecular Hbond substituents is 1. The molecule has 0 fully saturated rings. The third-order valence-corrected chi connectivity index (χ3v) is 1.64. The molecule has 2 N–H and O–H groups in total. The van der Waals surface area contributed by atoms with E-state index in [2.05, 4.69) is 12.2 Å². The minimum absolute atomic E-state index is 0.208. The van der Waals surface area contributed by atoms with E-state index in [0.29, 0.717) is 6.42 Å². The van der Waals surface area contributed by atoms with Crippen molar-refractivity contribution in [3.05, 3.63) is 35.0 Å². The summed E-state index contributed by atoms with van der Waals surface area (Å²) >= 11 is 4.68. The number of phenols is 1. The van der Waals surface area contributed by atoms with Gasteiger partial charge >= 0.3 is 0 Å². The molecule has 0 amide bonds. The van der Waals surface area contributed by atoms with Gasteiger partial charge in [0.25, 0.3) is 0 Å². The number of aromatic hydroxyl groups is 1. The fourth-order valence-corrected chi connectivity index (χ4v) is 1.00. The molecule has 0 aliphatic rings. The Labute approximate surface area is 75.6 Å². The largest absolute Gasteiger partial charge is 0.761 e. The van der Waals surface area contributed by atoms with Gasteiger partial charge in [0.05, 0.1) is 4.99 Å². The second-order valence-corrected chi connectivity index (χ2v) is 2.86. The summed E-state index contributed by atoms with van der Waals surface area (Å²) in [6, 6.07) is 6.56.